The number of thioether (sulfide) groups is 1. The van der Waals surface area contributed by atoms with Gasteiger partial charge >= 0.3 is 17.9 Å². The summed E-state index contributed by atoms with van der Waals surface area (Å²) in [5.41, 5.74) is 0.410. The van der Waals surface area contributed by atoms with Crippen LogP contribution in [0.1, 0.15) is 120 Å². The molecule has 9 amide bonds. The fraction of sp³-hybridized carbons (Fsp3) is 0.667. The maximum Gasteiger partial charge on any atom is 0.353 e. The minimum absolute atomic E-state index is 0. The zero-order valence-electron chi connectivity index (χ0n) is 41.7. The maximum absolute atomic E-state index is 12.3. The monoisotopic (exact) mass is 1260 g/mol. The molecule has 26 heteroatoms. The third-order valence-electron chi connectivity index (χ3n) is 11.6. The first-order valence-electron chi connectivity index (χ1n) is 22.9. The molecule has 0 aromatic heterocycles. The quantitative estimate of drug-likeness (QED) is 0.102. The summed E-state index contributed by atoms with van der Waals surface area (Å²) in [7, 11) is -3.27. The number of imide groups is 4. The largest absolute Gasteiger partial charge is 0.353 e. The molecular formula is C45H64N5O18S2U-. The number of amides is 9. The third kappa shape index (κ3) is 17.0. The molecule has 23 nitrogen and oxygen atoms in total. The van der Waals surface area contributed by atoms with Crippen LogP contribution in [0, 0.1) is 73.0 Å². The van der Waals surface area contributed by atoms with Gasteiger partial charge in [0.25, 0.3) is 33.7 Å². The minimum atomic E-state index is -4.22. The van der Waals surface area contributed by atoms with Gasteiger partial charge in [-0.3, -0.25) is 58.8 Å². The van der Waals surface area contributed by atoms with Crippen molar-refractivity contribution in [2.24, 2.45) is 35.5 Å². The van der Waals surface area contributed by atoms with E-state index >= 15 is 0 Å². The van der Waals surface area contributed by atoms with Crippen LogP contribution in [0.25, 0.3) is 0 Å². The molecule has 5 heterocycles. The van der Waals surface area contributed by atoms with Gasteiger partial charge in [0.15, 0.2) is 5.25 Å². The van der Waals surface area contributed by atoms with Gasteiger partial charge in [-0.2, -0.15) is 25.2 Å². The normalized spacial score (nSPS) is 22.2. The second-order valence-electron chi connectivity index (χ2n) is 18.3. The molecule has 0 bridgehead atoms. The van der Waals surface area contributed by atoms with Gasteiger partial charge in [0, 0.05) is 111 Å². The van der Waals surface area contributed by atoms with Crippen molar-refractivity contribution in [1.29, 1.82) is 0 Å². The van der Waals surface area contributed by atoms with Crippen molar-refractivity contribution in [3.05, 3.63) is 18.7 Å². The van der Waals surface area contributed by atoms with E-state index in [0.29, 0.717) is 28.7 Å². The van der Waals surface area contributed by atoms with Crippen LogP contribution in [0.4, 0.5) is 0 Å². The topological polar surface area (TPSA) is 292 Å². The van der Waals surface area contributed by atoms with Crippen molar-refractivity contribution >= 4 is 93.0 Å². The van der Waals surface area contributed by atoms with Crippen molar-refractivity contribution in [3.8, 4) is 0 Å². The number of likely N-dealkylation sites (tertiary alicyclic amines) is 2. The smallest absolute Gasteiger partial charge is 0.336 e. The summed E-state index contributed by atoms with van der Waals surface area (Å²) in [6.07, 6.45) is 2.06. The van der Waals surface area contributed by atoms with E-state index in [4.69, 9.17) is 14.5 Å². The Bertz CT molecular complexity index is 2200. The van der Waals surface area contributed by atoms with Crippen LogP contribution in [0.3, 0.4) is 0 Å². The first kappa shape index (κ1) is 62.5. The van der Waals surface area contributed by atoms with Gasteiger partial charge in [-0.15, -0.1) is 16.5 Å². The zero-order valence-corrected chi connectivity index (χ0v) is 47.5. The molecule has 5 aliphatic heterocycles. The van der Waals surface area contributed by atoms with Crippen LogP contribution in [0.15, 0.2) is 12.3 Å². The maximum atomic E-state index is 12.3. The van der Waals surface area contributed by atoms with Gasteiger partial charge in [-0.05, 0) is 29.9 Å². The molecule has 5 rings (SSSR count). The second kappa shape index (κ2) is 27.4. The third-order valence-corrected chi connectivity index (χ3v) is 14.3. The Labute approximate surface area is 441 Å². The van der Waals surface area contributed by atoms with E-state index in [1.807, 2.05) is 41.5 Å². The average Bonchev–Trinajstić information content (AvgIpc) is 3.99. The molecule has 0 aromatic carbocycles. The Morgan fingerprint density at radius 1 is 0.662 bits per heavy atom. The number of hydroxylamine groups is 6. The fourth-order valence-corrected chi connectivity index (χ4v) is 9.96. The SMILES string of the molecule is C=C1C[CH-]C(=O)N1OC(=O)CCCN1C(=O)CC(C(C)C)C1=O.CC1CC(=O)N(OC(=O)CCN2C(=O)CC(C(C)C)C2=O)C1=O.COS(=O)(=O)C(CC(C)SC(C)C)C(=O)ON1C(=O)CC(C)C1=O.[U]. The Hall–Kier alpha value is -4.64. The van der Waals surface area contributed by atoms with E-state index in [0.717, 1.165) is 17.1 Å². The van der Waals surface area contributed by atoms with E-state index in [1.54, 1.807) is 13.8 Å². The fourth-order valence-electron chi connectivity index (χ4n) is 7.57. The Balaban J connectivity index is 0.000000363. The number of rotatable bonds is 19. The molecule has 5 aliphatic rings. The summed E-state index contributed by atoms with van der Waals surface area (Å²) < 4.78 is 28.5. The summed E-state index contributed by atoms with van der Waals surface area (Å²) in [5, 5.41) is 0.160. The second-order valence-corrected chi connectivity index (χ2v) is 22.2. The molecule has 5 saturated heterocycles. The number of hydrogen-bond donors (Lipinski definition) is 0. The van der Waals surface area contributed by atoms with Gasteiger partial charge < -0.3 is 19.3 Å². The number of nitrogens with zero attached hydrogens (tertiary/aromatic N) is 5. The van der Waals surface area contributed by atoms with E-state index < -0.39 is 74.6 Å². The van der Waals surface area contributed by atoms with Gasteiger partial charge in [-0.1, -0.05) is 68.9 Å². The van der Waals surface area contributed by atoms with Crippen LogP contribution < -0.4 is 0 Å². The van der Waals surface area contributed by atoms with Crippen molar-refractivity contribution in [1.82, 2.24) is 25.0 Å². The molecule has 0 spiro atoms. The van der Waals surface area contributed by atoms with Gasteiger partial charge in [0.1, 0.15) is 5.91 Å². The van der Waals surface area contributed by atoms with E-state index in [1.165, 1.54) is 30.0 Å². The first-order chi connectivity index (χ1) is 32.5. The number of carbonyl (C=O) groups is 12. The predicted molar refractivity (Wildman–Crippen MR) is 244 cm³/mol. The summed E-state index contributed by atoms with van der Waals surface area (Å²) in [6, 6.07) is 0. The molecular weight excluding hydrogens is 1200 g/mol. The van der Waals surface area contributed by atoms with E-state index in [-0.39, 0.29) is 147 Å². The van der Waals surface area contributed by atoms with E-state index in [9.17, 15) is 66.0 Å². The van der Waals surface area contributed by atoms with Crippen LogP contribution >= 0.6 is 11.8 Å². The Morgan fingerprint density at radius 3 is 1.51 bits per heavy atom. The number of carbonyl (C=O) groups excluding carboxylic acids is 12. The van der Waals surface area contributed by atoms with Gasteiger partial charge in [0.2, 0.25) is 23.6 Å². The molecule has 71 heavy (non-hydrogen) atoms. The first-order valence-corrected chi connectivity index (χ1v) is 25.3. The molecule has 6 unspecified atom stereocenters. The zero-order chi connectivity index (χ0) is 53.1. The van der Waals surface area contributed by atoms with Crippen LogP contribution in [-0.2, 0) is 86.3 Å². The van der Waals surface area contributed by atoms with Crippen molar-refractivity contribution < 1.29 is 116 Å². The molecule has 0 aliphatic carbocycles. The average molecular weight is 1270 g/mol. The van der Waals surface area contributed by atoms with Crippen LogP contribution in [0.5, 0.6) is 0 Å². The molecule has 0 saturated carbocycles. The number of hydrogen-bond acceptors (Lipinski definition) is 19. The molecule has 6 atom stereocenters. The Morgan fingerprint density at radius 2 is 1.11 bits per heavy atom. The molecule has 5 fully saturated rings. The van der Waals surface area contributed by atoms with Crippen molar-refractivity contribution in [3.63, 3.8) is 0 Å². The summed E-state index contributed by atoms with van der Waals surface area (Å²) >= 11 is 1.50. The van der Waals surface area contributed by atoms with Crippen LogP contribution in [-0.4, -0.2) is 140 Å². The molecule has 0 radical (unpaired) electrons. The van der Waals surface area contributed by atoms with E-state index in [2.05, 4.69) is 10.8 Å². The van der Waals surface area contributed by atoms with Gasteiger partial charge in [-0.25, -0.2) is 14.4 Å². The molecule has 0 N–H and O–H groups in total. The standard InChI is InChI=1S/C16H21N2O5.C15H20N2O6.C14H23NO7S2.U/c1-10(2)12-9-14(20)17(16(12)22)8-4-5-15(21)23-18-11(3)6-7-13(18)19;1-8(2)10-7-11(18)16(15(10)22)5-4-13(20)23-17-12(19)6-9(3)14(17)21;1-8(2)23-10(4)7-11(24(19,20)21-5)14(18)22-15-12(16)6-9(3)13(15)17;/h7,10,12H,3-6,8-9H2,1-2H3;8-10H,4-7H2,1-3H3;8-11H,6-7H2,1-5H3;/q-1;;;. The minimum Gasteiger partial charge on any atom is -0.336 e. The summed E-state index contributed by atoms with van der Waals surface area (Å²) in [4.78, 5) is 159. The predicted octanol–water partition coefficient (Wildman–Crippen LogP) is 2.57. The Kier molecular flexibility index (Phi) is 24.1. The van der Waals surface area contributed by atoms with Crippen molar-refractivity contribution in [2.45, 2.75) is 136 Å². The molecule has 0 aromatic rings. The van der Waals surface area contributed by atoms with Crippen molar-refractivity contribution in [2.75, 3.05) is 20.2 Å². The van der Waals surface area contributed by atoms with Crippen LogP contribution in [0.2, 0.25) is 0 Å². The number of allylic oxidation sites excluding steroid dienone is 1. The van der Waals surface area contributed by atoms with Gasteiger partial charge in [0.05, 0.1) is 13.5 Å². The summed E-state index contributed by atoms with van der Waals surface area (Å²) in [6.45, 7) is 20.0. The molecule has 394 valence electrons. The summed E-state index contributed by atoms with van der Waals surface area (Å²) in [5.74, 6) is -8.01.